The fraction of sp³-hybridized carbons (Fsp3) is 0.841. The Kier molecular flexibility index (Phi) is 57.0. The van der Waals surface area contributed by atoms with E-state index < -0.39 is 124 Å². The summed E-state index contributed by atoms with van der Waals surface area (Å²) in [6, 6.07) is -0.993. The minimum Gasteiger partial charge on any atom is -0.394 e. The third-order valence-corrected chi connectivity index (χ3v) is 20.0. The lowest BCUT2D eigenvalue weighted by molar-refractivity contribution is -0.379. The molecule has 1 amide bonds. The van der Waals surface area contributed by atoms with E-state index in [2.05, 4.69) is 79.9 Å². The van der Waals surface area contributed by atoms with Gasteiger partial charge in [0.05, 0.1) is 38.6 Å². The highest BCUT2D eigenvalue weighted by Crippen LogP contribution is 2.33. The largest absolute Gasteiger partial charge is 0.394 e. The number of hydrogen-bond donors (Lipinski definition) is 12. The summed E-state index contributed by atoms with van der Waals surface area (Å²) in [7, 11) is 0. The van der Waals surface area contributed by atoms with Crippen LogP contribution in [0.2, 0.25) is 0 Å². The number of unbranched alkanes of at least 4 members (excludes halogenated alkanes) is 38. The van der Waals surface area contributed by atoms with Crippen LogP contribution in [-0.2, 0) is 33.2 Å². The number of aliphatic hydroxyl groups is 11. The van der Waals surface area contributed by atoms with Gasteiger partial charge in [-0.2, -0.15) is 0 Å². The molecule has 19 heteroatoms. The fourth-order valence-corrected chi connectivity index (χ4v) is 13.5. The van der Waals surface area contributed by atoms with Gasteiger partial charge in [-0.3, -0.25) is 4.79 Å². The molecular formula is C82H147NO18. The molecule has 17 unspecified atom stereocenters. The first-order chi connectivity index (χ1) is 49.3. The summed E-state index contributed by atoms with van der Waals surface area (Å²) in [5.74, 6) is -0.282. The predicted molar refractivity (Wildman–Crippen MR) is 401 cm³/mol. The second-order valence-electron chi connectivity index (χ2n) is 28.8. The fourth-order valence-electron chi connectivity index (χ4n) is 13.5. The second-order valence-corrected chi connectivity index (χ2v) is 28.8. The summed E-state index contributed by atoms with van der Waals surface area (Å²) in [6.07, 6.45) is 54.7. The van der Waals surface area contributed by atoms with Crippen molar-refractivity contribution in [3.8, 4) is 0 Å². The Labute approximate surface area is 610 Å². The number of hydrogen-bond acceptors (Lipinski definition) is 18. The van der Waals surface area contributed by atoms with E-state index in [-0.39, 0.29) is 18.9 Å². The molecule has 0 aliphatic carbocycles. The summed E-state index contributed by atoms with van der Waals surface area (Å²) in [4.78, 5) is 13.5. The van der Waals surface area contributed by atoms with Crippen LogP contribution in [0.5, 0.6) is 0 Å². The van der Waals surface area contributed by atoms with Gasteiger partial charge in [-0.1, -0.05) is 305 Å². The molecule has 12 N–H and O–H groups in total. The Morgan fingerprint density at radius 3 is 1.11 bits per heavy atom. The summed E-state index contributed by atoms with van der Waals surface area (Å²) in [5, 5.41) is 121. The van der Waals surface area contributed by atoms with Gasteiger partial charge in [-0.05, 0) is 70.6 Å². The predicted octanol–water partition coefficient (Wildman–Crippen LogP) is 13.6. The van der Waals surface area contributed by atoms with Crippen molar-refractivity contribution >= 4 is 5.91 Å². The minimum absolute atomic E-state index is 0.236. The quantitative estimate of drug-likeness (QED) is 0.0199. The molecule has 3 heterocycles. The van der Waals surface area contributed by atoms with Gasteiger partial charge >= 0.3 is 0 Å². The summed E-state index contributed by atoms with van der Waals surface area (Å²) >= 11 is 0. The summed E-state index contributed by atoms with van der Waals surface area (Å²) < 4.78 is 34.4. The van der Waals surface area contributed by atoms with Crippen LogP contribution in [0, 0.1) is 0 Å². The van der Waals surface area contributed by atoms with Gasteiger partial charge in [0.1, 0.15) is 73.2 Å². The molecule has 3 saturated heterocycles. The molecular weight excluding hydrogens is 1290 g/mol. The molecule has 0 aromatic carbocycles. The van der Waals surface area contributed by atoms with Crippen molar-refractivity contribution in [2.75, 3.05) is 26.4 Å². The molecule has 19 nitrogen and oxygen atoms in total. The molecule has 17 atom stereocenters. The van der Waals surface area contributed by atoms with Crippen LogP contribution >= 0.6 is 0 Å². The van der Waals surface area contributed by atoms with Gasteiger partial charge in [0.2, 0.25) is 5.91 Å². The first-order valence-corrected chi connectivity index (χ1v) is 40.7. The van der Waals surface area contributed by atoms with E-state index in [0.717, 1.165) is 64.2 Å². The number of rotatable bonds is 64. The van der Waals surface area contributed by atoms with Crippen LogP contribution in [0.3, 0.4) is 0 Å². The third-order valence-electron chi connectivity index (χ3n) is 20.0. The highest BCUT2D eigenvalue weighted by Gasteiger charge is 2.54. The highest BCUT2D eigenvalue weighted by molar-refractivity contribution is 5.76. The van der Waals surface area contributed by atoms with Gasteiger partial charge in [0, 0.05) is 6.42 Å². The van der Waals surface area contributed by atoms with Crippen molar-refractivity contribution in [2.24, 2.45) is 0 Å². The van der Waals surface area contributed by atoms with E-state index in [4.69, 9.17) is 28.4 Å². The van der Waals surface area contributed by atoms with Gasteiger partial charge < -0.3 is 89.9 Å². The third kappa shape index (κ3) is 42.4. The Morgan fingerprint density at radius 2 is 0.693 bits per heavy atom. The molecule has 0 saturated carbocycles. The molecule has 3 rings (SSSR count). The number of carbonyl (C=O) groups excluding carboxylic acids is 1. The molecule has 0 aromatic heterocycles. The maximum absolute atomic E-state index is 13.5. The lowest BCUT2D eigenvalue weighted by Gasteiger charge is -2.48. The Hall–Kier alpha value is -2.77. The molecule has 588 valence electrons. The van der Waals surface area contributed by atoms with Crippen molar-refractivity contribution in [3.63, 3.8) is 0 Å². The number of nitrogens with one attached hydrogen (secondary N) is 1. The van der Waals surface area contributed by atoms with E-state index >= 15 is 0 Å². The molecule has 3 aliphatic heterocycles. The van der Waals surface area contributed by atoms with E-state index in [0.29, 0.717) is 12.8 Å². The van der Waals surface area contributed by atoms with Crippen molar-refractivity contribution in [1.29, 1.82) is 0 Å². The van der Waals surface area contributed by atoms with Crippen LogP contribution in [0.15, 0.2) is 72.9 Å². The second kappa shape index (κ2) is 62.3. The Balaban J connectivity index is 1.36. The molecule has 0 bridgehead atoms. The van der Waals surface area contributed by atoms with Crippen molar-refractivity contribution in [2.45, 2.75) is 413 Å². The minimum atomic E-state index is -1.98. The summed E-state index contributed by atoms with van der Waals surface area (Å²) in [5.41, 5.74) is 0. The van der Waals surface area contributed by atoms with Crippen LogP contribution in [0.1, 0.15) is 309 Å². The van der Waals surface area contributed by atoms with Crippen molar-refractivity contribution in [3.05, 3.63) is 72.9 Å². The van der Waals surface area contributed by atoms with Gasteiger partial charge in [0.25, 0.3) is 0 Å². The molecule has 0 aromatic rings. The Morgan fingerprint density at radius 1 is 0.366 bits per heavy atom. The van der Waals surface area contributed by atoms with E-state index in [1.165, 1.54) is 212 Å². The molecule has 3 aliphatic rings. The van der Waals surface area contributed by atoms with Gasteiger partial charge in [0.15, 0.2) is 18.9 Å². The number of carbonyl (C=O) groups is 1. The van der Waals surface area contributed by atoms with Gasteiger partial charge in [-0.15, -0.1) is 0 Å². The van der Waals surface area contributed by atoms with Crippen molar-refractivity contribution < 1.29 is 89.4 Å². The van der Waals surface area contributed by atoms with Crippen LogP contribution < -0.4 is 5.32 Å². The zero-order valence-corrected chi connectivity index (χ0v) is 62.9. The molecule has 3 fully saturated rings. The normalized spacial score (nSPS) is 26.7. The number of amides is 1. The number of aliphatic hydroxyl groups excluding tert-OH is 11. The number of ether oxygens (including phenoxy) is 6. The molecule has 0 spiro atoms. The zero-order valence-electron chi connectivity index (χ0n) is 62.9. The van der Waals surface area contributed by atoms with Crippen molar-refractivity contribution in [1.82, 2.24) is 5.32 Å². The molecule has 101 heavy (non-hydrogen) atoms. The smallest absolute Gasteiger partial charge is 0.220 e. The first-order valence-electron chi connectivity index (χ1n) is 40.7. The average molecular weight is 1440 g/mol. The maximum atomic E-state index is 13.5. The van der Waals surface area contributed by atoms with Crippen LogP contribution in [0.25, 0.3) is 0 Å². The maximum Gasteiger partial charge on any atom is 0.220 e. The monoisotopic (exact) mass is 1430 g/mol. The highest BCUT2D eigenvalue weighted by atomic mass is 16.8. The SMILES string of the molecule is CC/C=C\C/C=C\C/C=C\C/C=C\CCCCCCCCCCCCCCCCCCCCCCC(=O)NC(COC1OC(CO)C(OC2OC(CO)C(OC3OC(CO)C(O)C(O)C3O)C(O)C2O)C(O)C1O)C(O)/C=C/CC/C=C/CCCCCCCCCCCCCCCCCCC. The zero-order chi connectivity index (χ0) is 73.2. The van der Waals surface area contributed by atoms with Gasteiger partial charge in [-0.25, -0.2) is 0 Å². The standard InChI is InChI=1S/C82H147NO18/c1-3-5-7-9-11-13-15-17-19-21-23-25-27-28-29-30-31-32-33-34-35-36-38-40-42-44-46-48-50-52-54-56-58-60-70(88)83-65(66(87)59-57-55-53-51-49-47-45-43-41-39-37-26-24-22-20-18-16-14-12-10-8-6-4-2)64-96-80-76(94)73(91)78(68(62-85)98-80)101-82-77(95)74(92)79(69(63-86)99-82)100-81-75(93)72(90)71(89)67(61-84)97-81/h5,7,11,13,17,19,23,25,49,51,57,59,65-69,71-82,84-87,89-95H,3-4,6,8-10,12,14-16,18,20-22,24,26-48,50,52-56,58,60-64H2,1-2H3,(H,83,88)/b7-5-,13-11-,19-17-,25-23-,51-49+,59-57+. The van der Waals surface area contributed by atoms with Crippen LogP contribution in [-0.4, -0.2) is 193 Å². The number of allylic oxidation sites excluding steroid dienone is 11. The topological polar surface area (TPSA) is 307 Å². The van der Waals surface area contributed by atoms with Crippen LogP contribution in [0.4, 0.5) is 0 Å². The first kappa shape index (κ1) is 92.4. The molecule has 0 radical (unpaired) electrons. The Bertz CT molecular complexity index is 2110. The average Bonchev–Trinajstić information content (AvgIpc) is 0.783. The lowest BCUT2D eigenvalue weighted by atomic mass is 9.96. The van der Waals surface area contributed by atoms with E-state index in [9.17, 15) is 61.0 Å². The summed E-state index contributed by atoms with van der Waals surface area (Å²) in [6.45, 7) is 1.64. The van der Waals surface area contributed by atoms with E-state index in [1.807, 2.05) is 6.08 Å². The van der Waals surface area contributed by atoms with E-state index in [1.54, 1.807) is 6.08 Å². The lowest BCUT2D eigenvalue weighted by Crippen LogP contribution is -2.66.